The summed E-state index contributed by atoms with van der Waals surface area (Å²) in [6, 6.07) is 4.73. The van der Waals surface area contributed by atoms with E-state index < -0.39 is 119 Å². The van der Waals surface area contributed by atoms with E-state index in [-0.39, 0.29) is 49.3 Å². The number of aliphatic hydroxyl groups is 2. The number of pyridine rings is 1. The number of esters is 2. The summed E-state index contributed by atoms with van der Waals surface area (Å²) in [7, 11) is 10.7. The number of carbonyl (C=O) groups is 4. The van der Waals surface area contributed by atoms with E-state index in [9.17, 15) is 39.3 Å². The van der Waals surface area contributed by atoms with E-state index in [0.29, 0.717) is 49.8 Å². The van der Waals surface area contributed by atoms with Crippen molar-refractivity contribution in [3.8, 4) is 0 Å². The summed E-state index contributed by atoms with van der Waals surface area (Å²) in [5, 5.41) is 39.6. The number of benzene rings is 1. The van der Waals surface area contributed by atoms with Crippen LogP contribution in [0.25, 0.3) is 10.9 Å². The maximum atomic E-state index is 14.8. The molecule has 4 saturated heterocycles. The number of methoxy groups -OCH3 is 1. The number of rotatable bonds is 17. The molecule has 22 nitrogen and oxygen atoms in total. The van der Waals surface area contributed by atoms with Gasteiger partial charge in [0.2, 0.25) is 5.43 Å². The number of carboxylic acids is 1. The fraction of sp³-hybridized carbons (Fsp3) is 0.772. The van der Waals surface area contributed by atoms with Crippen molar-refractivity contribution < 1.29 is 77.1 Å². The summed E-state index contributed by atoms with van der Waals surface area (Å²) < 4.78 is 58.7. The number of nitrogens with one attached hydrogen (secondary N) is 1. The molecule has 79 heavy (non-hydrogen) atoms. The number of aromatic nitrogens is 1. The molecule has 4 aliphatic heterocycles. The van der Waals surface area contributed by atoms with Gasteiger partial charge in [0.1, 0.15) is 23.4 Å². The molecule has 0 aliphatic carbocycles. The Bertz CT molecular complexity index is 2490. The number of cyclic esters (lactones) is 1. The molecule has 5 heterocycles. The SMILES string of the molecule is CC[C@H]1OC(=O)[C@H](C)[C@@H](O[C@H]2C[C@@](C)(OC)[C@@H](OC(=O)CCNCCCc3ccc4c(c3)c(=O)c(C(=O)O)cn4N(C)C)[C@H](C)O2)[C@H](C)[C@@H](O[C@@H]2O[C@H](C)C[C@H](N(C)C)[C@H]2O)[C@](C)(O)C[C@@H](C)CN(C)[C@H](C)[C@H]2OC(=O)O[C@@]21C. The third kappa shape index (κ3) is 14.4. The zero-order chi connectivity index (χ0) is 58.6. The van der Waals surface area contributed by atoms with E-state index in [0.717, 1.165) is 5.56 Å². The van der Waals surface area contributed by atoms with Crippen LogP contribution < -0.4 is 15.8 Å². The number of aliphatic hydroxyl groups excluding tert-OH is 1. The maximum Gasteiger partial charge on any atom is 0.509 e. The van der Waals surface area contributed by atoms with Gasteiger partial charge in [-0.05, 0) is 132 Å². The molecule has 4 N–H and O–H groups in total. The molecule has 0 saturated carbocycles. The van der Waals surface area contributed by atoms with Crippen LogP contribution in [0.1, 0.15) is 124 Å². The molecule has 1 aromatic carbocycles. The number of hydrogen-bond donors (Lipinski definition) is 4. The topological polar surface area (TPSA) is 256 Å². The quantitative estimate of drug-likeness (QED) is 0.0969. The molecule has 0 amide bonds. The smallest absolute Gasteiger partial charge is 0.477 e. The number of fused-ring (bicyclic) bond motifs is 2. The van der Waals surface area contributed by atoms with Crippen molar-refractivity contribution in [2.75, 3.05) is 67.0 Å². The summed E-state index contributed by atoms with van der Waals surface area (Å²) in [4.78, 5) is 70.2. The highest BCUT2D eigenvalue weighted by Crippen LogP contribution is 2.42. The molecule has 18 atom stereocenters. The van der Waals surface area contributed by atoms with Crippen LogP contribution in [0.3, 0.4) is 0 Å². The molecular formula is C57H91N5O17. The summed E-state index contributed by atoms with van der Waals surface area (Å²) >= 11 is 0. The second-order valence-corrected chi connectivity index (χ2v) is 23.9. The number of likely N-dealkylation sites (N-methyl/N-ethyl adjacent to an activating group) is 2. The van der Waals surface area contributed by atoms with E-state index in [1.54, 1.807) is 64.5 Å². The first-order chi connectivity index (χ1) is 37.0. The molecular weight excluding hydrogens is 1030 g/mol. The number of carboxylic acid groups (broad SMARTS) is 1. The number of ether oxygens (including phenoxy) is 9. The van der Waals surface area contributed by atoms with Gasteiger partial charge >= 0.3 is 24.1 Å². The van der Waals surface area contributed by atoms with Crippen LogP contribution in [0.15, 0.2) is 29.2 Å². The van der Waals surface area contributed by atoms with Crippen molar-refractivity contribution in [1.82, 2.24) is 19.8 Å². The lowest BCUT2D eigenvalue weighted by molar-refractivity contribution is -0.318. The van der Waals surface area contributed by atoms with Gasteiger partial charge in [0.15, 0.2) is 30.4 Å². The van der Waals surface area contributed by atoms with Gasteiger partial charge in [-0.1, -0.05) is 26.8 Å². The van der Waals surface area contributed by atoms with Crippen molar-refractivity contribution >= 4 is 35.0 Å². The molecule has 446 valence electrons. The van der Waals surface area contributed by atoms with Crippen LogP contribution in [-0.4, -0.2) is 206 Å². The Hall–Kier alpha value is -4.49. The van der Waals surface area contributed by atoms with E-state index in [1.165, 1.54) is 13.3 Å². The molecule has 0 bridgehead atoms. The monoisotopic (exact) mass is 1120 g/mol. The predicted octanol–water partition coefficient (Wildman–Crippen LogP) is 4.46. The van der Waals surface area contributed by atoms with E-state index in [2.05, 4.69) is 5.32 Å². The number of hydrogen-bond acceptors (Lipinski definition) is 20. The minimum Gasteiger partial charge on any atom is -0.477 e. The first-order valence-corrected chi connectivity index (χ1v) is 28.0. The molecule has 0 unspecified atom stereocenters. The predicted molar refractivity (Wildman–Crippen MR) is 292 cm³/mol. The van der Waals surface area contributed by atoms with Crippen molar-refractivity contribution in [1.29, 1.82) is 0 Å². The fourth-order valence-corrected chi connectivity index (χ4v) is 12.5. The van der Waals surface area contributed by atoms with E-state index >= 15 is 0 Å². The van der Waals surface area contributed by atoms with Crippen molar-refractivity contribution in [3.05, 3.63) is 45.7 Å². The maximum absolute atomic E-state index is 14.8. The van der Waals surface area contributed by atoms with Gasteiger partial charge in [-0.2, -0.15) is 0 Å². The van der Waals surface area contributed by atoms with Crippen molar-refractivity contribution in [3.63, 3.8) is 0 Å². The molecule has 1 aromatic heterocycles. The highest BCUT2D eigenvalue weighted by molar-refractivity contribution is 5.92. The van der Waals surface area contributed by atoms with Gasteiger partial charge in [0.25, 0.3) is 0 Å². The lowest BCUT2D eigenvalue weighted by Gasteiger charge is -2.49. The average Bonchev–Trinajstić information content (AvgIpc) is 3.79. The minimum atomic E-state index is -1.63. The number of aryl methyl sites for hydroxylation is 1. The fourth-order valence-electron chi connectivity index (χ4n) is 12.5. The van der Waals surface area contributed by atoms with Crippen molar-refractivity contribution in [2.24, 2.45) is 17.8 Å². The van der Waals surface area contributed by atoms with Gasteiger partial charge in [0.05, 0.1) is 47.9 Å². The van der Waals surface area contributed by atoms with Crippen LogP contribution in [0.5, 0.6) is 0 Å². The Kier molecular flexibility index (Phi) is 21.1. The summed E-state index contributed by atoms with van der Waals surface area (Å²) in [5.74, 6) is -4.54. The van der Waals surface area contributed by atoms with Gasteiger partial charge in [-0.25, -0.2) is 9.59 Å². The minimum absolute atomic E-state index is 0.0344. The van der Waals surface area contributed by atoms with Gasteiger partial charge in [-0.3, -0.25) is 24.0 Å². The lowest BCUT2D eigenvalue weighted by atomic mass is 9.77. The zero-order valence-corrected chi connectivity index (χ0v) is 49.4. The average molecular weight is 1120 g/mol. The van der Waals surface area contributed by atoms with E-state index in [4.69, 9.17) is 42.6 Å². The van der Waals surface area contributed by atoms with Gasteiger partial charge < -0.3 is 73.2 Å². The Morgan fingerprint density at radius 2 is 1.63 bits per heavy atom. The Morgan fingerprint density at radius 3 is 2.27 bits per heavy atom. The van der Waals surface area contributed by atoms with Crippen molar-refractivity contribution in [2.45, 2.75) is 204 Å². The van der Waals surface area contributed by atoms with E-state index in [1.807, 2.05) is 77.7 Å². The van der Waals surface area contributed by atoms with Gasteiger partial charge in [0, 0.05) is 70.3 Å². The highest BCUT2D eigenvalue weighted by atomic mass is 16.8. The third-order valence-electron chi connectivity index (χ3n) is 16.9. The standard InChI is InChI=1S/C57H91N5O17/c1-17-42-57(10)49(78-54(69)79-57)35(6)61(15)29-31(2)27-55(8,70)48(77-53-46(65)41(59(11)12)25-32(3)72-53)33(4)47(34(5)52(68)74-42)76-44-28-56(9,71-16)50(36(7)73-44)75-43(63)22-24-58-23-18-19-37-20-21-40-38(26-37)45(64)39(51(66)67)30-62(40)60(13)14/h20-21,26,30-36,41-42,44,46-50,53,58,65,70H,17-19,22-25,27-29H2,1-16H3,(H,66,67)/t31-,32-,33+,34-,35-,36+,41+,42-,44+,46-,47+,48-,49-,50+,53+,55-,56-,57-/m1/s1. The second-order valence-electron chi connectivity index (χ2n) is 23.9. The molecule has 4 aliphatic rings. The summed E-state index contributed by atoms with van der Waals surface area (Å²) in [5.41, 5.74) is -3.55. The first kappa shape index (κ1) is 63.7. The third-order valence-corrected chi connectivity index (χ3v) is 16.9. The van der Waals surface area contributed by atoms with Crippen LogP contribution >= 0.6 is 0 Å². The van der Waals surface area contributed by atoms with Crippen LogP contribution in [0.2, 0.25) is 0 Å². The summed E-state index contributed by atoms with van der Waals surface area (Å²) in [6.07, 6.45) is -6.45. The summed E-state index contributed by atoms with van der Waals surface area (Å²) in [6.45, 7) is 19.4. The molecule has 0 spiro atoms. The normalized spacial score (nSPS) is 37.1. The largest absolute Gasteiger partial charge is 0.509 e. The Labute approximate surface area is 465 Å². The molecule has 22 heteroatoms. The number of aromatic carboxylic acids is 1. The van der Waals surface area contributed by atoms with Crippen LogP contribution in [-0.2, 0) is 58.6 Å². The molecule has 4 fully saturated rings. The Morgan fingerprint density at radius 1 is 0.937 bits per heavy atom. The lowest BCUT2D eigenvalue weighted by Crippen LogP contribution is -2.61. The highest BCUT2D eigenvalue weighted by Gasteiger charge is 2.58. The first-order valence-electron chi connectivity index (χ1n) is 28.0. The second kappa shape index (κ2) is 26.2. The van der Waals surface area contributed by atoms with Gasteiger partial charge in [-0.15, -0.1) is 0 Å². The van der Waals surface area contributed by atoms with Crippen LogP contribution in [0, 0.1) is 17.8 Å². The Balaban J connectivity index is 1.19. The number of nitrogens with zero attached hydrogens (tertiary/aromatic N) is 4. The molecule has 0 radical (unpaired) electrons. The zero-order valence-electron chi connectivity index (χ0n) is 49.4. The molecule has 2 aromatic rings. The number of carbonyl (C=O) groups excluding carboxylic acids is 3. The molecule has 6 rings (SSSR count). The van der Waals surface area contributed by atoms with Crippen LogP contribution in [0.4, 0.5) is 4.79 Å².